The fourth-order valence-electron chi connectivity index (χ4n) is 4.44. The van der Waals surface area contributed by atoms with E-state index >= 15 is 0 Å². The summed E-state index contributed by atoms with van der Waals surface area (Å²) in [6, 6.07) is 17.9. The summed E-state index contributed by atoms with van der Waals surface area (Å²) in [5.41, 5.74) is 0.199. The van der Waals surface area contributed by atoms with Gasteiger partial charge in [0.2, 0.25) is 5.88 Å². The number of methoxy groups -OCH3 is 2. The van der Waals surface area contributed by atoms with Crippen molar-refractivity contribution in [3.63, 3.8) is 0 Å². The number of aliphatic hydroxyl groups is 1. The number of carbonyl (C=O) groups excluding carboxylic acids is 1. The van der Waals surface area contributed by atoms with E-state index in [9.17, 15) is 23.1 Å². The lowest BCUT2D eigenvalue weighted by molar-refractivity contribution is -0.141. The zero-order valence-electron chi connectivity index (χ0n) is 26.8. The predicted molar refractivity (Wildman–Crippen MR) is 171 cm³/mol. The zero-order valence-corrected chi connectivity index (χ0v) is 27.5. The number of pyridine rings is 1. The fourth-order valence-corrected chi connectivity index (χ4v) is 4.56. The summed E-state index contributed by atoms with van der Waals surface area (Å²) in [5, 5.41) is 16.0. The highest BCUT2D eigenvalue weighted by atomic mass is 35.5. The molecule has 0 spiro atoms. The first-order chi connectivity index (χ1) is 22.2. The number of hydrogen-bond donors (Lipinski definition) is 1. The van der Waals surface area contributed by atoms with Gasteiger partial charge in [0.25, 0.3) is 0 Å². The van der Waals surface area contributed by atoms with Crippen molar-refractivity contribution in [2.75, 3.05) is 14.2 Å². The van der Waals surface area contributed by atoms with Crippen LogP contribution in [0.1, 0.15) is 49.6 Å². The van der Waals surface area contributed by atoms with Gasteiger partial charge in [0, 0.05) is 11.1 Å². The lowest BCUT2D eigenvalue weighted by Gasteiger charge is -2.40. The van der Waals surface area contributed by atoms with Gasteiger partial charge in [-0.1, -0.05) is 74.8 Å². The molecule has 0 aliphatic heterocycles. The van der Waals surface area contributed by atoms with Crippen LogP contribution in [-0.2, 0) is 40.0 Å². The van der Waals surface area contributed by atoms with E-state index in [4.69, 9.17) is 25.8 Å². The zero-order chi connectivity index (χ0) is 34.7. The molecule has 47 heavy (non-hydrogen) atoms. The summed E-state index contributed by atoms with van der Waals surface area (Å²) in [7, 11) is 2.62. The minimum atomic E-state index is -4.56. The van der Waals surface area contributed by atoms with Gasteiger partial charge >= 0.3 is 12.1 Å². The lowest BCUT2D eigenvalue weighted by Crippen LogP contribution is -2.47. The number of alkyl halides is 3. The van der Waals surface area contributed by atoms with E-state index in [-0.39, 0.29) is 23.5 Å². The molecule has 0 aliphatic carbocycles. The first-order valence-electron chi connectivity index (χ1n) is 14.5. The van der Waals surface area contributed by atoms with E-state index in [0.717, 1.165) is 17.5 Å². The molecule has 13 heteroatoms. The van der Waals surface area contributed by atoms with Gasteiger partial charge in [0.15, 0.2) is 0 Å². The minimum absolute atomic E-state index is 0.0947. The fraction of sp³-hybridized carbons (Fsp3) is 0.353. The van der Waals surface area contributed by atoms with E-state index < -0.39 is 23.4 Å². The van der Waals surface area contributed by atoms with Crippen LogP contribution in [0.25, 0.3) is 5.57 Å². The summed E-state index contributed by atoms with van der Waals surface area (Å²) in [4.78, 5) is 19.3. The Morgan fingerprint density at radius 2 is 1.70 bits per heavy atom. The van der Waals surface area contributed by atoms with Crippen molar-refractivity contribution in [2.24, 2.45) is 5.41 Å². The van der Waals surface area contributed by atoms with Gasteiger partial charge in [-0.2, -0.15) is 18.3 Å². The summed E-state index contributed by atoms with van der Waals surface area (Å²) in [5.74, 6) is -0.790. The molecule has 0 saturated carbocycles. The molecule has 4 aromatic rings. The quantitative estimate of drug-likeness (QED) is 0.101. The van der Waals surface area contributed by atoms with Gasteiger partial charge in [-0.05, 0) is 53.1 Å². The van der Waals surface area contributed by atoms with Crippen LogP contribution in [-0.4, -0.2) is 50.6 Å². The molecule has 1 unspecified atom stereocenters. The molecule has 0 saturated heterocycles. The highest BCUT2D eigenvalue weighted by Crippen LogP contribution is 2.36. The number of carbonyl (C=O) groups is 1. The number of aromatic nitrogens is 4. The third-order valence-corrected chi connectivity index (χ3v) is 7.62. The SMILES string of the molecule is CC(C)(C)C(O)(CCc1ccc(Cl)cc1)Cn1cncn1.CO/C=C(/C(=O)OC)c1ccccc1COc1cccc(C(F)(F)F)n1. The molecule has 4 rings (SSSR count). The average molecular weight is 675 g/mol. The van der Waals surface area contributed by atoms with Crippen LogP contribution in [0.2, 0.25) is 5.02 Å². The maximum Gasteiger partial charge on any atom is 0.433 e. The largest absolute Gasteiger partial charge is 0.503 e. The van der Waals surface area contributed by atoms with Crippen molar-refractivity contribution in [2.45, 2.75) is 58.5 Å². The minimum Gasteiger partial charge on any atom is -0.503 e. The molecule has 0 radical (unpaired) electrons. The number of rotatable bonds is 11. The van der Waals surface area contributed by atoms with Crippen LogP contribution in [0.15, 0.2) is 85.6 Å². The maximum absolute atomic E-state index is 12.7. The van der Waals surface area contributed by atoms with E-state index in [0.29, 0.717) is 24.1 Å². The molecule has 0 amide bonds. The Morgan fingerprint density at radius 1 is 1.00 bits per heavy atom. The van der Waals surface area contributed by atoms with Gasteiger partial charge in [0.05, 0.1) is 32.6 Å². The topological polar surface area (TPSA) is 109 Å². The van der Waals surface area contributed by atoms with Crippen LogP contribution in [0, 0.1) is 5.41 Å². The Morgan fingerprint density at radius 3 is 2.30 bits per heavy atom. The standard InChI is InChI=1S/C18H16F3NO4.C16H22ClN3O/c1-24-11-14(17(23)25-2)13-7-4-3-6-12(13)10-26-16-9-5-8-15(22-16)18(19,20)21;1-15(2,3)16(21,10-20-12-18-11-19-20)9-8-13-4-6-14(17)7-5-13/h3-9,11H,10H2,1-2H3;4-7,11-12,21H,8-10H2,1-3H3/b14-11+;. The number of benzene rings is 2. The molecule has 252 valence electrons. The Balaban J connectivity index is 0.000000261. The van der Waals surface area contributed by atoms with E-state index in [1.165, 1.54) is 44.5 Å². The maximum atomic E-state index is 12.7. The molecule has 0 fully saturated rings. The lowest BCUT2D eigenvalue weighted by atomic mass is 9.73. The van der Waals surface area contributed by atoms with E-state index in [2.05, 4.69) is 15.1 Å². The summed E-state index contributed by atoms with van der Waals surface area (Å²) < 4.78 is 54.9. The van der Waals surface area contributed by atoms with E-state index in [1.807, 2.05) is 45.0 Å². The molecular weight excluding hydrogens is 637 g/mol. The monoisotopic (exact) mass is 674 g/mol. The van der Waals surface area contributed by atoms with Gasteiger partial charge in [-0.25, -0.2) is 14.8 Å². The second-order valence-corrected chi connectivity index (χ2v) is 12.0. The Labute approximate surface area is 277 Å². The summed E-state index contributed by atoms with van der Waals surface area (Å²) in [6.07, 6.45) is 1.24. The third kappa shape index (κ3) is 10.8. The number of halogens is 4. The average Bonchev–Trinajstić information content (AvgIpc) is 3.54. The first-order valence-corrected chi connectivity index (χ1v) is 14.9. The number of ether oxygens (including phenoxy) is 3. The molecule has 1 N–H and O–H groups in total. The molecule has 2 aromatic heterocycles. The van der Waals surface area contributed by atoms with Gasteiger partial charge < -0.3 is 19.3 Å². The second kappa shape index (κ2) is 16.4. The van der Waals surface area contributed by atoms with Crippen molar-refractivity contribution >= 4 is 23.1 Å². The Hall–Kier alpha value is -4.42. The molecule has 2 heterocycles. The predicted octanol–water partition coefficient (Wildman–Crippen LogP) is 7.18. The normalized spacial score (nSPS) is 13.2. The van der Waals surface area contributed by atoms with Gasteiger partial charge in [-0.15, -0.1) is 0 Å². The number of aryl methyl sites for hydroxylation is 1. The highest BCUT2D eigenvalue weighted by Gasteiger charge is 2.40. The summed E-state index contributed by atoms with van der Waals surface area (Å²) in [6.45, 7) is 6.48. The van der Waals surface area contributed by atoms with Crippen molar-refractivity contribution < 1.29 is 37.3 Å². The smallest absolute Gasteiger partial charge is 0.433 e. The molecule has 0 bridgehead atoms. The Bertz CT molecular complexity index is 1610. The van der Waals surface area contributed by atoms with Crippen molar-refractivity contribution in [1.82, 2.24) is 19.7 Å². The summed E-state index contributed by atoms with van der Waals surface area (Å²) >= 11 is 5.90. The van der Waals surface area contributed by atoms with Crippen LogP contribution >= 0.6 is 11.6 Å². The van der Waals surface area contributed by atoms with Crippen molar-refractivity contribution in [3.8, 4) is 5.88 Å². The highest BCUT2D eigenvalue weighted by molar-refractivity contribution is 6.30. The van der Waals surface area contributed by atoms with Crippen LogP contribution < -0.4 is 4.74 Å². The van der Waals surface area contributed by atoms with Crippen LogP contribution in [0.3, 0.4) is 0 Å². The van der Waals surface area contributed by atoms with Crippen molar-refractivity contribution in [1.29, 1.82) is 0 Å². The molecule has 1 atom stereocenters. The van der Waals surface area contributed by atoms with Crippen LogP contribution in [0.4, 0.5) is 13.2 Å². The van der Waals surface area contributed by atoms with Gasteiger partial charge in [-0.3, -0.25) is 4.68 Å². The molecule has 9 nitrogen and oxygen atoms in total. The Kier molecular flexibility index (Phi) is 12.9. The third-order valence-electron chi connectivity index (χ3n) is 7.36. The van der Waals surface area contributed by atoms with Gasteiger partial charge in [0.1, 0.15) is 30.5 Å². The molecule has 2 aromatic carbocycles. The molecule has 0 aliphatic rings. The second-order valence-electron chi connectivity index (χ2n) is 11.6. The molecular formula is C34H38ClF3N4O5. The van der Waals surface area contributed by atoms with E-state index in [1.54, 1.807) is 35.3 Å². The number of nitrogens with zero attached hydrogens (tertiary/aromatic N) is 4. The first kappa shape index (κ1) is 37.0. The van der Waals surface area contributed by atoms with Crippen LogP contribution in [0.5, 0.6) is 5.88 Å². The number of hydrogen-bond acceptors (Lipinski definition) is 8. The number of esters is 1. The van der Waals surface area contributed by atoms with Crippen molar-refractivity contribution in [3.05, 3.63) is 113 Å².